The Balaban J connectivity index is 1.57. The lowest BCUT2D eigenvalue weighted by atomic mass is 9.99. The third-order valence-corrected chi connectivity index (χ3v) is 6.52. The quantitative estimate of drug-likeness (QED) is 0.455. The average Bonchev–Trinajstić information content (AvgIpc) is 3.21. The highest BCUT2D eigenvalue weighted by Gasteiger charge is 2.25. The fraction of sp³-hybridized carbons (Fsp3) is 0.381. The van der Waals surface area contributed by atoms with E-state index in [1.54, 1.807) is 19.2 Å². The van der Waals surface area contributed by atoms with E-state index in [2.05, 4.69) is 10.9 Å². The van der Waals surface area contributed by atoms with Crippen molar-refractivity contribution < 1.29 is 22.5 Å². The Morgan fingerprint density at radius 2 is 1.91 bits per heavy atom. The van der Waals surface area contributed by atoms with Gasteiger partial charge in [0.1, 0.15) is 5.82 Å². The number of rotatable bonds is 8. The van der Waals surface area contributed by atoms with Gasteiger partial charge in [-0.25, -0.2) is 12.8 Å². The standard InChI is InChI=1S/C21H25FN4O5S/c1-25(21(27)15-10-18(26(28)29)13-19(11-15)32(2,30)31)9-3-4-17-12-20(24-23-17)14-5-7-16(22)8-6-14/h5-8,10-11,13,17,20,23-24H,3-4,9,12H2,1-2H3. The molecule has 32 heavy (non-hydrogen) atoms. The highest BCUT2D eigenvalue weighted by Crippen LogP contribution is 2.25. The van der Waals surface area contributed by atoms with Gasteiger partial charge in [-0.1, -0.05) is 12.1 Å². The number of carbonyl (C=O) groups excluding carboxylic acids is 1. The van der Waals surface area contributed by atoms with Crippen molar-refractivity contribution in [3.8, 4) is 0 Å². The molecule has 0 aromatic heterocycles. The Labute approximate surface area is 185 Å². The van der Waals surface area contributed by atoms with Crippen molar-refractivity contribution in [3.05, 3.63) is 69.5 Å². The van der Waals surface area contributed by atoms with Gasteiger partial charge in [0.15, 0.2) is 9.84 Å². The maximum Gasteiger partial charge on any atom is 0.271 e. The smallest absolute Gasteiger partial charge is 0.271 e. The van der Waals surface area contributed by atoms with Crippen molar-refractivity contribution in [2.45, 2.75) is 36.2 Å². The maximum absolute atomic E-state index is 13.1. The van der Waals surface area contributed by atoms with E-state index < -0.39 is 26.4 Å². The lowest BCUT2D eigenvalue weighted by Gasteiger charge is -2.18. The minimum atomic E-state index is -3.71. The highest BCUT2D eigenvalue weighted by molar-refractivity contribution is 7.90. The first-order valence-corrected chi connectivity index (χ1v) is 12.0. The minimum Gasteiger partial charge on any atom is -0.342 e. The molecule has 1 heterocycles. The summed E-state index contributed by atoms with van der Waals surface area (Å²) in [7, 11) is -2.14. The molecule has 1 amide bonds. The molecule has 2 unspecified atom stereocenters. The van der Waals surface area contributed by atoms with E-state index in [9.17, 15) is 27.7 Å². The molecule has 0 radical (unpaired) electrons. The van der Waals surface area contributed by atoms with Gasteiger partial charge in [-0.3, -0.25) is 25.8 Å². The molecule has 0 bridgehead atoms. The van der Waals surface area contributed by atoms with Gasteiger partial charge in [0, 0.05) is 49.6 Å². The van der Waals surface area contributed by atoms with Crippen LogP contribution in [0.25, 0.3) is 0 Å². The fourth-order valence-electron chi connectivity index (χ4n) is 3.65. The van der Waals surface area contributed by atoms with E-state index in [1.807, 2.05) is 0 Å². The first-order chi connectivity index (χ1) is 15.0. The third-order valence-electron chi connectivity index (χ3n) is 5.42. The van der Waals surface area contributed by atoms with Crippen LogP contribution in [0.1, 0.15) is 41.2 Å². The number of amides is 1. The van der Waals surface area contributed by atoms with Crippen molar-refractivity contribution in [1.82, 2.24) is 15.8 Å². The molecule has 11 heteroatoms. The first kappa shape index (κ1) is 23.8. The van der Waals surface area contributed by atoms with Gasteiger partial charge in [-0.05, 0) is 43.0 Å². The van der Waals surface area contributed by atoms with E-state index in [0.29, 0.717) is 13.0 Å². The van der Waals surface area contributed by atoms with Gasteiger partial charge >= 0.3 is 0 Å². The van der Waals surface area contributed by atoms with Crippen molar-refractivity contribution in [1.29, 1.82) is 0 Å². The third kappa shape index (κ3) is 5.87. The Morgan fingerprint density at radius 3 is 2.53 bits per heavy atom. The lowest BCUT2D eigenvalue weighted by Crippen LogP contribution is -2.32. The van der Waals surface area contributed by atoms with Gasteiger partial charge in [-0.2, -0.15) is 0 Å². The van der Waals surface area contributed by atoms with Crippen LogP contribution < -0.4 is 10.9 Å². The second-order valence-electron chi connectivity index (χ2n) is 7.94. The molecule has 2 aromatic carbocycles. The van der Waals surface area contributed by atoms with Gasteiger partial charge in [0.05, 0.1) is 9.82 Å². The SMILES string of the molecule is CN(CCCC1CC(c2ccc(F)cc2)NN1)C(=O)c1cc([N+](=O)[O-])cc(S(C)(=O)=O)c1. The summed E-state index contributed by atoms with van der Waals surface area (Å²) in [6, 6.07) is 9.77. The highest BCUT2D eigenvalue weighted by atomic mass is 32.2. The topological polar surface area (TPSA) is 122 Å². The molecule has 1 aliphatic rings. The van der Waals surface area contributed by atoms with Crippen LogP contribution in [0.15, 0.2) is 47.4 Å². The summed E-state index contributed by atoms with van der Waals surface area (Å²) in [6.45, 7) is 0.398. The number of hydrazine groups is 1. The summed E-state index contributed by atoms with van der Waals surface area (Å²) in [5.74, 6) is -0.767. The fourth-order valence-corrected chi connectivity index (χ4v) is 4.32. The summed E-state index contributed by atoms with van der Waals surface area (Å²) in [5, 5.41) is 11.1. The molecule has 0 saturated carbocycles. The van der Waals surface area contributed by atoms with Gasteiger partial charge in [0.25, 0.3) is 11.6 Å². The predicted molar refractivity (Wildman–Crippen MR) is 116 cm³/mol. The number of halogens is 1. The molecule has 0 spiro atoms. The molecule has 1 aliphatic heterocycles. The summed E-state index contributed by atoms with van der Waals surface area (Å²) in [4.78, 5) is 24.3. The molecule has 2 N–H and O–H groups in total. The lowest BCUT2D eigenvalue weighted by molar-refractivity contribution is -0.385. The Kier molecular flexibility index (Phi) is 7.22. The molecular formula is C21H25FN4O5S. The van der Waals surface area contributed by atoms with Crippen LogP contribution >= 0.6 is 0 Å². The van der Waals surface area contributed by atoms with E-state index >= 15 is 0 Å². The molecule has 3 rings (SSSR count). The Bertz CT molecular complexity index is 1110. The van der Waals surface area contributed by atoms with E-state index in [0.717, 1.165) is 42.9 Å². The molecule has 1 fully saturated rings. The van der Waals surface area contributed by atoms with Crippen LogP contribution in [-0.4, -0.2) is 50.0 Å². The summed E-state index contributed by atoms with van der Waals surface area (Å²) < 4.78 is 36.8. The molecule has 2 atom stereocenters. The van der Waals surface area contributed by atoms with E-state index in [-0.39, 0.29) is 28.4 Å². The number of carbonyl (C=O) groups is 1. The van der Waals surface area contributed by atoms with Gasteiger partial charge in [0.2, 0.25) is 0 Å². The van der Waals surface area contributed by atoms with Crippen LogP contribution in [0.5, 0.6) is 0 Å². The average molecular weight is 465 g/mol. The number of sulfone groups is 1. The summed E-state index contributed by atoms with van der Waals surface area (Å²) in [6.07, 6.45) is 3.19. The molecule has 9 nitrogen and oxygen atoms in total. The first-order valence-electron chi connectivity index (χ1n) is 10.1. The summed E-state index contributed by atoms with van der Waals surface area (Å²) >= 11 is 0. The number of benzene rings is 2. The summed E-state index contributed by atoms with van der Waals surface area (Å²) in [5.41, 5.74) is 6.90. The Hall–Kier alpha value is -2.89. The largest absolute Gasteiger partial charge is 0.342 e. The zero-order chi connectivity index (χ0) is 23.5. The van der Waals surface area contributed by atoms with Gasteiger partial charge in [-0.15, -0.1) is 0 Å². The van der Waals surface area contributed by atoms with Crippen LogP contribution in [0.3, 0.4) is 0 Å². The number of hydrogen-bond acceptors (Lipinski definition) is 7. The molecular weight excluding hydrogens is 439 g/mol. The van der Waals surface area contributed by atoms with E-state index in [1.165, 1.54) is 17.0 Å². The number of nitrogens with one attached hydrogen (secondary N) is 2. The predicted octanol–water partition coefficient (Wildman–Crippen LogP) is 2.60. The molecule has 0 aliphatic carbocycles. The monoisotopic (exact) mass is 464 g/mol. The minimum absolute atomic E-state index is 0.0424. The zero-order valence-electron chi connectivity index (χ0n) is 17.7. The van der Waals surface area contributed by atoms with Crippen molar-refractivity contribution in [2.24, 2.45) is 0 Å². The number of nitrogens with zero attached hydrogens (tertiary/aromatic N) is 2. The number of hydrogen-bond donors (Lipinski definition) is 2. The Morgan fingerprint density at radius 1 is 1.22 bits per heavy atom. The maximum atomic E-state index is 13.1. The number of non-ortho nitro benzene ring substituents is 1. The van der Waals surface area contributed by atoms with Crippen molar-refractivity contribution >= 4 is 21.4 Å². The van der Waals surface area contributed by atoms with Crippen molar-refractivity contribution in [2.75, 3.05) is 19.8 Å². The van der Waals surface area contributed by atoms with Gasteiger partial charge < -0.3 is 4.90 Å². The van der Waals surface area contributed by atoms with Crippen LogP contribution in [0, 0.1) is 15.9 Å². The van der Waals surface area contributed by atoms with Crippen LogP contribution in [0.4, 0.5) is 10.1 Å². The molecule has 1 saturated heterocycles. The van der Waals surface area contributed by atoms with E-state index in [4.69, 9.17) is 0 Å². The normalized spacial score (nSPS) is 18.5. The molecule has 2 aromatic rings. The second kappa shape index (κ2) is 9.72. The molecule has 172 valence electrons. The van der Waals surface area contributed by atoms with Crippen LogP contribution in [0.2, 0.25) is 0 Å². The van der Waals surface area contributed by atoms with Crippen LogP contribution in [-0.2, 0) is 9.84 Å². The zero-order valence-corrected chi connectivity index (χ0v) is 18.6. The van der Waals surface area contributed by atoms with Crippen molar-refractivity contribution in [3.63, 3.8) is 0 Å². The second-order valence-corrected chi connectivity index (χ2v) is 9.95. The number of nitro groups is 1. The number of nitro benzene ring substituents is 1.